The van der Waals surface area contributed by atoms with Gasteiger partial charge in [0, 0.05) is 23.7 Å². The van der Waals surface area contributed by atoms with Crippen LogP contribution in [0.4, 0.5) is 11.4 Å². The van der Waals surface area contributed by atoms with Gasteiger partial charge in [-0.15, -0.1) is 0 Å². The minimum Gasteiger partial charge on any atom is -0.397 e. The topological polar surface area (TPSA) is 93.2 Å². The second-order valence-electron chi connectivity index (χ2n) is 9.28. The zero-order valence-electron chi connectivity index (χ0n) is 21.0. The SMILES string of the molecule is Cc1ccc(NC(=O)c2ccc([C@H](C)n3nc(-c4ccc(CN(C)C)cc4)ccc3=O)cc2)c(N)c1. The number of carbonyl (C=O) groups excluding carboxylic acids is 1. The number of rotatable bonds is 7. The fraction of sp³-hybridized carbons (Fsp3) is 0.207. The Hall–Kier alpha value is -4.23. The molecule has 0 spiro atoms. The molecule has 7 heteroatoms. The van der Waals surface area contributed by atoms with E-state index in [4.69, 9.17) is 5.73 Å². The van der Waals surface area contributed by atoms with Crippen molar-refractivity contribution in [2.24, 2.45) is 0 Å². The average molecular weight is 482 g/mol. The van der Waals surface area contributed by atoms with Gasteiger partial charge in [0.05, 0.1) is 23.1 Å². The summed E-state index contributed by atoms with van der Waals surface area (Å²) in [4.78, 5) is 27.5. The van der Waals surface area contributed by atoms with Crippen LogP contribution in [0.5, 0.6) is 0 Å². The van der Waals surface area contributed by atoms with Gasteiger partial charge in [-0.1, -0.05) is 42.5 Å². The second kappa shape index (κ2) is 10.6. The number of nitrogen functional groups attached to an aromatic ring is 1. The summed E-state index contributed by atoms with van der Waals surface area (Å²) in [6.07, 6.45) is 0. The zero-order chi connectivity index (χ0) is 25.8. The molecule has 0 aliphatic rings. The molecular formula is C29H31N5O2. The number of amides is 1. The Morgan fingerprint density at radius 2 is 1.69 bits per heavy atom. The molecule has 0 aliphatic carbocycles. The summed E-state index contributed by atoms with van der Waals surface area (Å²) in [6, 6.07) is 23.8. The van der Waals surface area contributed by atoms with Gasteiger partial charge in [-0.25, -0.2) is 4.68 Å². The van der Waals surface area contributed by atoms with Crippen molar-refractivity contribution in [1.82, 2.24) is 14.7 Å². The molecule has 0 saturated carbocycles. The van der Waals surface area contributed by atoms with Crippen molar-refractivity contribution in [2.75, 3.05) is 25.1 Å². The van der Waals surface area contributed by atoms with E-state index in [1.54, 1.807) is 30.3 Å². The van der Waals surface area contributed by atoms with E-state index in [2.05, 4.69) is 27.4 Å². The summed E-state index contributed by atoms with van der Waals surface area (Å²) >= 11 is 0. The lowest BCUT2D eigenvalue weighted by atomic mass is 10.1. The van der Waals surface area contributed by atoms with Crippen molar-refractivity contribution in [3.05, 3.63) is 111 Å². The van der Waals surface area contributed by atoms with Gasteiger partial charge in [-0.05, 0) is 75.0 Å². The molecule has 4 aromatic rings. The van der Waals surface area contributed by atoms with Crippen molar-refractivity contribution in [1.29, 1.82) is 0 Å². The van der Waals surface area contributed by atoms with Gasteiger partial charge < -0.3 is 16.0 Å². The highest BCUT2D eigenvalue weighted by Gasteiger charge is 2.14. The van der Waals surface area contributed by atoms with Crippen LogP contribution in [0.3, 0.4) is 0 Å². The molecule has 1 atom stereocenters. The van der Waals surface area contributed by atoms with Crippen LogP contribution in [0, 0.1) is 6.92 Å². The molecule has 0 saturated heterocycles. The molecule has 0 fully saturated rings. The highest BCUT2D eigenvalue weighted by molar-refractivity contribution is 6.05. The molecule has 3 N–H and O–H groups in total. The predicted octanol–water partition coefficient (Wildman–Crippen LogP) is 4.72. The summed E-state index contributed by atoms with van der Waals surface area (Å²) in [5.41, 5.74) is 12.2. The Labute approximate surface area is 211 Å². The van der Waals surface area contributed by atoms with Crippen LogP contribution in [-0.2, 0) is 6.54 Å². The summed E-state index contributed by atoms with van der Waals surface area (Å²) < 4.78 is 1.48. The van der Waals surface area contributed by atoms with Gasteiger partial charge >= 0.3 is 0 Å². The van der Waals surface area contributed by atoms with E-state index in [1.165, 1.54) is 10.2 Å². The number of aromatic nitrogens is 2. The fourth-order valence-electron chi connectivity index (χ4n) is 4.05. The smallest absolute Gasteiger partial charge is 0.267 e. The van der Waals surface area contributed by atoms with Crippen molar-refractivity contribution < 1.29 is 4.79 Å². The molecule has 1 amide bonds. The van der Waals surface area contributed by atoms with Gasteiger partial charge in [-0.3, -0.25) is 9.59 Å². The van der Waals surface area contributed by atoms with Gasteiger partial charge in [0.25, 0.3) is 11.5 Å². The maximum absolute atomic E-state index is 12.7. The first kappa shape index (κ1) is 24.9. The molecule has 0 bridgehead atoms. The average Bonchev–Trinajstić information content (AvgIpc) is 2.86. The van der Waals surface area contributed by atoms with E-state index in [9.17, 15) is 9.59 Å². The number of carbonyl (C=O) groups is 1. The van der Waals surface area contributed by atoms with E-state index in [1.807, 2.05) is 64.3 Å². The molecule has 36 heavy (non-hydrogen) atoms. The Balaban J connectivity index is 1.52. The Morgan fingerprint density at radius 1 is 1.00 bits per heavy atom. The number of nitrogens with one attached hydrogen (secondary N) is 1. The number of aryl methyl sites for hydroxylation is 1. The number of hydrogen-bond acceptors (Lipinski definition) is 5. The quantitative estimate of drug-likeness (QED) is 0.373. The summed E-state index contributed by atoms with van der Waals surface area (Å²) in [5, 5.41) is 7.49. The van der Waals surface area contributed by atoms with Gasteiger partial charge in [-0.2, -0.15) is 5.10 Å². The lowest BCUT2D eigenvalue weighted by Gasteiger charge is -2.16. The first-order chi connectivity index (χ1) is 17.2. The third-order valence-corrected chi connectivity index (χ3v) is 6.05. The molecule has 0 aliphatic heterocycles. The normalized spacial score (nSPS) is 11.9. The molecule has 1 aromatic heterocycles. The van der Waals surface area contributed by atoms with Crippen molar-refractivity contribution >= 4 is 17.3 Å². The Morgan fingerprint density at radius 3 is 2.33 bits per heavy atom. The summed E-state index contributed by atoms with van der Waals surface area (Å²) in [5.74, 6) is -0.250. The van der Waals surface area contributed by atoms with Crippen molar-refractivity contribution in [3.8, 4) is 11.3 Å². The van der Waals surface area contributed by atoms with Crippen LogP contribution >= 0.6 is 0 Å². The standard InChI is InChI=1S/C29H31N5O2/c1-19-5-14-27(25(30)17-19)31-29(36)24-12-10-22(11-13-24)20(2)34-28(35)16-15-26(32-34)23-8-6-21(7-9-23)18-33(3)4/h5-17,20H,18,30H2,1-4H3,(H,31,36)/t20-/m0/s1. The third-order valence-electron chi connectivity index (χ3n) is 6.05. The first-order valence-corrected chi connectivity index (χ1v) is 11.8. The molecule has 0 unspecified atom stereocenters. The van der Waals surface area contributed by atoms with Crippen LogP contribution in [0.1, 0.15) is 40.0 Å². The molecule has 4 rings (SSSR count). The van der Waals surface area contributed by atoms with Crippen molar-refractivity contribution in [3.63, 3.8) is 0 Å². The minimum atomic E-state index is -0.310. The zero-order valence-corrected chi connectivity index (χ0v) is 21.0. The maximum atomic E-state index is 12.7. The number of benzene rings is 3. The second-order valence-corrected chi connectivity index (χ2v) is 9.28. The molecule has 0 radical (unpaired) electrons. The Kier molecular flexibility index (Phi) is 7.31. The maximum Gasteiger partial charge on any atom is 0.267 e. The van der Waals surface area contributed by atoms with Gasteiger partial charge in [0.2, 0.25) is 0 Å². The van der Waals surface area contributed by atoms with Crippen LogP contribution in [0.15, 0.2) is 83.7 Å². The van der Waals surface area contributed by atoms with E-state index < -0.39 is 0 Å². The number of nitrogens with two attached hydrogens (primary N) is 1. The fourth-order valence-corrected chi connectivity index (χ4v) is 4.05. The van der Waals surface area contributed by atoms with E-state index in [0.29, 0.717) is 16.9 Å². The lowest BCUT2D eigenvalue weighted by molar-refractivity contribution is 0.102. The van der Waals surface area contributed by atoms with Crippen LogP contribution in [0.2, 0.25) is 0 Å². The first-order valence-electron chi connectivity index (χ1n) is 11.8. The molecule has 184 valence electrons. The molecule has 3 aromatic carbocycles. The van der Waals surface area contributed by atoms with E-state index in [-0.39, 0.29) is 17.5 Å². The molecular weight excluding hydrogens is 450 g/mol. The van der Waals surface area contributed by atoms with Crippen molar-refractivity contribution in [2.45, 2.75) is 26.4 Å². The third kappa shape index (κ3) is 5.70. The van der Waals surface area contributed by atoms with Gasteiger partial charge in [0.15, 0.2) is 0 Å². The minimum absolute atomic E-state index is 0.188. The lowest BCUT2D eigenvalue weighted by Crippen LogP contribution is -2.26. The molecule has 7 nitrogen and oxygen atoms in total. The number of hydrogen-bond donors (Lipinski definition) is 2. The van der Waals surface area contributed by atoms with Gasteiger partial charge in [0.1, 0.15) is 0 Å². The summed E-state index contributed by atoms with van der Waals surface area (Å²) in [6.45, 7) is 4.72. The van der Waals surface area contributed by atoms with Crippen LogP contribution in [-0.4, -0.2) is 34.7 Å². The monoisotopic (exact) mass is 481 g/mol. The summed E-state index contributed by atoms with van der Waals surface area (Å²) in [7, 11) is 4.07. The Bertz CT molecular complexity index is 1420. The number of anilines is 2. The number of nitrogens with zero attached hydrogens (tertiary/aromatic N) is 3. The van der Waals surface area contributed by atoms with Crippen LogP contribution in [0.25, 0.3) is 11.3 Å². The van der Waals surface area contributed by atoms with Crippen LogP contribution < -0.4 is 16.6 Å². The molecule has 1 heterocycles. The highest BCUT2D eigenvalue weighted by atomic mass is 16.1. The highest BCUT2D eigenvalue weighted by Crippen LogP contribution is 2.22. The van der Waals surface area contributed by atoms with E-state index >= 15 is 0 Å². The van der Waals surface area contributed by atoms with E-state index in [0.717, 1.165) is 28.9 Å². The largest absolute Gasteiger partial charge is 0.397 e. The predicted molar refractivity (Wildman–Crippen MR) is 145 cm³/mol.